The van der Waals surface area contributed by atoms with Gasteiger partial charge in [0.1, 0.15) is 0 Å². The van der Waals surface area contributed by atoms with Gasteiger partial charge < -0.3 is 10.1 Å². The summed E-state index contributed by atoms with van der Waals surface area (Å²) >= 11 is 1.96. The van der Waals surface area contributed by atoms with E-state index in [9.17, 15) is 0 Å². The van der Waals surface area contributed by atoms with Gasteiger partial charge in [0.2, 0.25) is 0 Å². The number of rotatable bonds is 4. The summed E-state index contributed by atoms with van der Waals surface area (Å²) in [6.45, 7) is 16.8. The first kappa shape index (κ1) is 17.0. The molecule has 1 fully saturated rings. The number of hydrogen-bond acceptors (Lipinski definition) is 3. The normalized spacial score (nSPS) is 31.6. The van der Waals surface area contributed by atoms with E-state index in [0.29, 0.717) is 30.1 Å². The van der Waals surface area contributed by atoms with Gasteiger partial charge in [-0.15, -0.1) is 11.3 Å². The Labute approximate surface area is 134 Å². The van der Waals surface area contributed by atoms with E-state index in [0.717, 1.165) is 6.54 Å². The van der Waals surface area contributed by atoms with Crippen molar-refractivity contribution in [2.75, 3.05) is 6.54 Å². The van der Waals surface area contributed by atoms with Crippen molar-refractivity contribution in [3.05, 3.63) is 21.9 Å². The standard InChI is InChI=1S/C18H31NOS/c1-8-19-17(16-11(2)12(3)20-13(16)4)14-9-10-15(21-14)18(5,6)7/h9-13,16-17,19H,8H2,1-7H3. The molecule has 5 atom stereocenters. The highest BCUT2D eigenvalue weighted by atomic mass is 32.1. The zero-order valence-corrected chi connectivity index (χ0v) is 15.4. The van der Waals surface area contributed by atoms with Gasteiger partial charge >= 0.3 is 0 Å². The number of hydrogen-bond donors (Lipinski definition) is 1. The monoisotopic (exact) mass is 309 g/mol. The largest absolute Gasteiger partial charge is 0.375 e. The first-order valence-electron chi connectivity index (χ1n) is 8.24. The zero-order chi connectivity index (χ0) is 15.8. The summed E-state index contributed by atoms with van der Waals surface area (Å²) in [6, 6.07) is 5.03. The predicted molar refractivity (Wildman–Crippen MR) is 92.1 cm³/mol. The summed E-state index contributed by atoms with van der Waals surface area (Å²) in [7, 11) is 0. The third-order valence-corrected chi connectivity index (χ3v) is 6.39. The molecule has 2 rings (SSSR count). The molecule has 1 saturated heterocycles. The Morgan fingerprint density at radius 3 is 2.29 bits per heavy atom. The maximum absolute atomic E-state index is 6.07. The van der Waals surface area contributed by atoms with Gasteiger partial charge in [0.05, 0.1) is 12.2 Å². The Hall–Kier alpha value is -0.380. The smallest absolute Gasteiger partial charge is 0.0600 e. The maximum atomic E-state index is 6.07. The summed E-state index contributed by atoms with van der Waals surface area (Å²) in [4.78, 5) is 2.93. The van der Waals surface area contributed by atoms with Crippen molar-refractivity contribution in [2.24, 2.45) is 11.8 Å². The van der Waals surface area contributed by atoms with E-state index in [-0.39, 0.29) is 5.41 Å². The van der Waals surface area contributed by atoms with Crippen molar-refractivity contribution >= 4 is 11.3 Å². The Bertz CT molecular complexity index is 462. The van der Waals surface area contributed by atoms with Crippen LogP contribution in [0, 0.1) is 11.8 Å². The summed E-state index contributed by atoms with van der Waals surface area (Å²) < 4.78 is 6.07. The van der Waals surface area contributed by atoms with Gasteiger partial charge in [-0.05, 0) is 43.9 Å². The van der Waals surface area contributed by atoms with Crippen molar-refractivity contribution in [1.82, 2.24) is 5.32 Å². The fourth-order valence-corrected chi connectivity index (χ4v) is 4.64. The first-order valence-corrected chi connectivity index (χ1v) is 9.06. The second kappa shape index (κ2) is 6.39. The minimum absolute atomic E-state index is 0.233. The third kappa shape index (κ3) is 3.52. The number of nitrogens with one attached hydrogen (secondary N) is 1. The van der Waals surface area contributed by atoms with E-state index in [2.05, 4.69) is 65.9 Å². The fraction of sp³-hybridized carbons (Fsp3) is 0.778. The minimum Gasteiger partial charge on any atom is -0.375 e. The average molecular weight is 310 g/mol. The highest BCUT2D eigenvalue weighted by Crippen LogP contribution is 2.43. The van der Waals surface area contributed by atoms with Crippen molar-refractivity contribution < 1.29 is 4.74 Å². The van der Waals surface area contributed by atoms with Crippen molar-refractivity contribution in [3.8, 4) is 0 Å². The predicted octanol–water partition coefficient (Wildman–Crippen LogP) is 4.76. The van der Waals surface area contributed by atoms with Gasteiger partial charge in [0, 0.05) is 21.7 Å². The summed E-state index contributed by atoms with van der Waals surface area (Å²) in [5, 5.41) is 3.72. The van der Waals surface area contributed by atoms with Crippen molar-refractivity contribution in [1.29, 1.82) is 0 Å². The van der Waals surface area contributed by atoms with Crippen LogP contribution in [-0.2, 0) is 10.2 Å². The zero-order valence-electron chi connectivity index (χ0n) is 14.6. The van der Waals surface area contributed by atoms with Crippen LogP contribution in [0.15, 0.2) is 12.1 Å². The molecule has 1 aliphatic rings. The lowest BCUT2D eigenvalue weighted by Gasteiger charge is -2.29. The summed E-state index contributed by atoms with van der Waals surface area (Å²) in [5.74, 6) is 1.13. The molecule has 0 aromatic carbocycles. The fourth-order valence-electron chi connectivity index (χ4n) is 3.44. The summed E-state index contributed by atoms with van der Waals surface area (Å²) in [5.41, 5.74) is 0.233. The van der Waals surface area contributed by atoms with Crippen LogP contribution in [0.4, 0.5) is 0 Å². The maximum Gasteiger partial charge on any atom is 0.0600 e. The molecule has 0 aliphatic carbocycles. The lowest BCUT2D eigenvalue weighted by molar-refractivity contribution is 0.0477. The molecular formula is C18H31NOS. The Kier molecular flexibility index (Phi) is 5.17. The molecule has 2 heterocycles. The molecular weight excluding hydrogens is 278 g/mol. The molecule has 120 valence electrons. The topological polar surface area (TPSA) is 21.3 Å². The SMILES string of the molecule is CCNC(c1ccc(C(C)(C)C)s1)C1C(C)OC(C)C1C. The van der Waals surface area contributed by atoms with Crippen LogP contribution in [-0.4, -0.2) is 18.8 Å². The van der Waals surface area contributed by atoms with Crippen LogP contribution in [0.3, 0.4) is 0 Å². The third-order valence-electron chi connectivity index (χ3n) is 4.80. The van der Waals surface area contributed by atoms with Crippen LogP contribution in [0.25, 0.3) is 0 Å². The lowest BCUT2D eigenvalue weighted by Crippen LogP contribution is -2.34. The van der Waals surface area contributed by atoms with E-state index in [4.69, 9.17) is 4.74 Å². The molecule has 1 aliphatic heterocycles. The molecule has 0 bridgehead atoms. The van der Waals surface area contributed by atoms with Gasteiger partial charge in [0.15, 0.2) is 0 Å². The molecule has 0 amide bonds. The summed E-state index contributed by atoms with van der Waals surface area (Å²) in [6.07, 6.45) is 0.674. The van der Waals surface area contributed by atoms with Crippen LogP contribution in [0.2, 0.25) is 0 Å². The van der Waals surface area contributed by atoms with Crippen LogP contribution in [0.5, 0.6) is 0 Å². The van der Waals surface area contributed by atoms with E-state index >= 15 is 0 Å². The van der Waals surface area contributed by atoms with Crippen molar-refractivity contribution in [2.45, 2.75) is 72.1 Å². The highest BCUT2D eigenvalue weighted by Gasteiger charge is 2.42. The van der Waals surface area contributed by atoms with Crippen LogP contribution < -0.4 is 5.32 Å². The molecule has 2 nitrogen and oxygen atoms in total. The van der Waals surface area contributed by atoms with Crippen LogP contribution >= 0.6 is 11.3 Å². The molecule has 3 heteroatoms. The quantitative estimate of drug-likeness (QED) is 0.866. The number of ether oxygens (including phenoxy) is 1. The Balaban J connectivity index is 2.29. The minimum atomic E-state index is 0.233. The molecule has 1 aromatic rings. The molecule has 0 radical (unpaired) electrons. The van der Waals surface area contributed by atoms with E-state index in [1.807, 2.05) is 11.3 Å². The van der Waals surface area contributed by atoms with Gasteiger partial charge in [-0.1, -0.05) is 34.6 Å². The highest BCUT2D eigenvalue weighted by molar-refractivity contribution is 7.12. The van der Waals surface area contributed by atoms with E-state index in [1.165, 1.54) is 9.75 Å². The Morgan fingerprint density at radius 2 is 1.86 bits per heavy atom. The molecule has 0 spiro atoms. The first-order chi connectivity index (χ1) is 9.75. The van der Waals surface area contributed by atoms with Gasteiger partial charge in [-0.3, -0.25) is 0 Å². The van der Waals surface area contributed by atoms with Gasteiger partial charge in [0.25, 0.3) is 0 Å². The molecule has 0 saturated carbocycles. The lowest BCUT2D eigenvalue weighted by atomic mass is 9.82. The van der Waals surface area contributed by atoms with Crippen molar-refractivity contribution in [3.63, 3.8) is 0 Å². The molecule has 5 unspecified atom stereocenters. The van der Waals surface area contributed by atoms with Crippen LogP contribution in [0.1, 0.15) is 64.3 Å². The molecule has 21 heavy (non-hydrogen) atoms. The van der Waals surface area contributed by atoms with E-state index < -0.39 is 0 Å². The average Bonchev–Trinajstić information content (AvgIpc) is 2.94. The second-order valence-electron chi connectivity index (χ2n) is 7.47. The number of thiophene rings is 1. The molecule has 1 N–H and O–H groups in total. The van der Waals surface area contributed by atoms with Gasteiger partial charge in [-0.2, -0.15) is 0 Å². The van der Waals surface area contributed by atoms with E-state index in [1.54, 1.807) is 0 Å². The van der Waals surface area contributed by atoms with Gasteiger partial charge in [-0.25, -0.2) is 0 Å². The Morgan fingerprint density at radius 1 is 1.19 bits per heavy atom. The second-order valence-corrected chi connectivity index (χ2v) is 8.59. The molecule has 1 aromatic heterocycles.